The average Bonchev–Trinajstić information content (AvgIpc) is 2.90. The van der Waals surface area contributed by atoms with Crippen LogP contribution in [0.4, 0.5) is 5.13 Å². The fourth-order valence-corrected chi connectivity index (χ4v) is 6.37. The third-order valence-electron chi connectivity index (χ3n) is 6.40. The summed E-state index contributed by atoms with van der Waals surface area (Å²) in [6.07, 6.45) is 7.78. The van der Waals surface area contributed by atoms with E-state index in [1.54, 1.807) is 0 Å². The summed E-state index contributed by atoms with van der Waals surface area (Å²) in [6, 6.07) is 0.0576. The van der Waals surface area contributed by atoms with Crippen molar-refractivity contribution in [3.05, 3.63) is 11.1 Å². The zero-order valence-electron chi connectivity index (χ0n) is 14.3. The Bertz CT molecular complexity index is 634. The monoisotopic (exact) mass is 347 g/mol. The van der Waals surface area contributed by atoms with Crippen LogP contribution < -0.4 is 10.6 Å². The van der Waals surface area contributed by atoms with Gasteiger partial charge in [0, 0.05) is 11.4 Å². The Morgan fingerprint density at radius 3 is 2.25 bits per heavy atom. The van der Waals surface area contributed by atoms with Gasteiger partial charge in [0.1, 0.15) is 0 Å². The van der Waals surface area contributed by atoms with Crippen molar-refractivity contribution in [3.8, 4) is 0 Å². The predicted molar refractivity (Wildman–Crippen MR) is 93.7 cm³/mol. The minimum atomic E-state index is -0.610. The molecule has 0 radical (unpaired) electrons. The molecule has 1 aromatic heterocycles. The van der Waals surface area contributed by atoms with Crippen molar-refractivity contribution in [2.45, 2.75) is 58.4 Å². The van der Waals surface area contributed by atoms with Crippen molar-refractivity contribution in [1.29, 1.82) is 0 Å². The number of aromatic nitrogens is 1. The van der Waals surface area contributed by atoms with Gasteiger partial charge in [0.15, 0.2) is 5.13 Å². The number of rotatable bonds is 3. The maximum atomic E-state index is 12.3. The molecule has 0 aromatic carbocycles. The third kappa shape index (κ3) is 2.85. The molecular formula is C18H25N3O2S. The van der Waals surface area contributed by atoms with E-state index in [9.17, 15) is 9.59 Å². The first-order valence-electron chi connectivity index (χ1n) is 8.97. The molecule has 0 spiro atoms. The molecule has 1 aromatic rings. The minimum Gasteiger partial charge on any atom is -0.345 e. The summed E-state index contributed by atoms with van der Waals surface area (Å²) >= 11 is 1.34. The van der Waals surface area contributed by atoms with Crippen molar-refractivity contribution in [2.24, 2.45) is 23.2 Å². The molecule has 4 fully saturated rings. The van der Waals surface area contributed by atoms with Crippen LogP contribution in [0, 0.1) is 30.1 Å². The first-order chi connectivity index (χ1) is 11.4. The van der Waals surface area contributed by atoms with Gasteiger partial charge in [-0.05, 0) is 75.5 Å². The normalized spacial score (nSPS) is 34.8. The molecule has 4 bridgehead atoms. The second-order valence-corrected chi connectivity index (χ2v) is 9.08. The van der Waals surface area contributed by atoms with Crippen molar-refractivity contribution in [3.63, 3.8) is 0 Å². The maximum Gasteiger partial charge on any atom is 0.315 e. The largest absolute Gasteiger partial charge is 0.345 e. The van der Waals surface area contributed by atoms with Gasteiger partial charge < -0.3 is 5.32 Å². The Kier molecular flexibility index (Phi) is 3.90. The number of hydrogen-bond donors (Lipinski definition) is 2. The lowest BCUT2D eigenvalue weighted by Gasteiger charge is -2.59. The molecule has 4 saturated carbocycles. The average molecular weight is 347 g/mol. The SMILES string of the molecule is Cc1csc(NC(=O)C(=O)NC(C)C23CC4CC(CC(C4)C2)C3)n1. The number of aryl methyl sites for hydroxylation is 1. The molecule has 2 N–H and O–H groups in total. The first-order valence-corrected chi connectivity index (χ1v) is 9.85. The Labute approximate surface area is 146 Å². The lowest BCUT2D eigenvalue weighted by molar-refractivity contribution is -0.138. The molecule has 2 amide bonds. The second kappa shape index (κ2) is 5.83. The van der Waals surface area contributed by atoms with E-state index in [0.29, 0.717) is 5.13 Å². The number of thiazole rings is 1. The summed E-state index contributed by atoms with van der Waals surface area (Å²) in [5.74, 6) is 1.36. The quantitative estimate of drug-likeness (QED) is 0.825. The number of hydrogen-bond acceptors (Lipinski definition) is 4. The molecule has 5 nitrogen and oxygen atoms in total. The lowest BCUT2D eigenvalue weighted by atomic mass is 9.48. The molecule has 0 saturated heterocycles. The van der Waals surface area contributed by atoms with E-state index in [1.807, 2.05) is 12.3 Å². The van der Waals surface area contributed by atoms with Crippen LogP contribution in [0.2, 0.25) is 0 Å². The van der Waals surface area contributed by atoms with Crippen LogP contribution in [0.25, 0.3) is 0 Å². The molecule has 1 unspecified atom stereocenters. The highest BCUT2D eigenvalue weighted by Crippen LogP contribution is 2.61. The number of nitrogens with zero attached hydrogens (tertiary/aromatic N) is 1. The Hall–Kier alpha value is -1.43. The molecule has 1 heterocycles. The van der Waals surface area contributed by atoms with Gasteiger partial charge in [0.05, 0.1) is 5.69 Å². The molecule has 0 aliphatic heterocycles. The lowest BCUT2D eigenvalue weighted by Crippen LogP contribution is -2.57. The first kappa shape index (κ1) is 16.1. The van der Waals surface area contributed by atoms with Crippen molar-refractivity contribution < 1.29 is 9.59 Å². The van der Waals surface area contributed by atoms with Crippen molar-refractivity contribution >= 4 is 28.3 Å². The summed E-state index contributed by atoms with van der Waals surface area (Å²) in [6.45, 7) is 3.95. The smallest absolute Gasteiger partial charge is 0.315 e. The van der Waals surface area contributed by atoms with Gasteiger partial charge in [0.2, 0.25) is 0 Å². The summed E-state index contributed by atoms with van der Waals surface area (Å²) in [5.41, 5.74) is 1.06. The van der Waals surface area contributed by atoms with Crippen molar-refractivity contribution in [2.75, 3.05) is 5.32 Å². The number of carbonyl (C=O) groups excluding carboxylic acids is 2. The maximum absolute atomic E-state index is 12.3. The van der Waals surface area contributed by atoms with Gasteiger partial charge in [-0.25, -0.2) is 4.98 Å². The van der Waals surface area contributed by atoms with E-state index in [0.717, 1.165) is 23.4 Å². The fourth-order valence-electron chi connectivity index (χ4n) is 5.69. The molecule has 4 aliphatic carbocycles. The highest BCUT2D eigenvalue weighted by molar-refractivity contribution is 7.14. The zero-order chi connectivity index (χ0) is 16.9. The summed E-state index contributed by atoms with van der Waals surface area (Å²) < 4.78 is 0. The molecular weight excluding hydrogens is 322 g/mol. The second-order valence-electron chi connectivity index (χ2n) is 8.22. The summed E-state index contributed by atoms with van der Waals surface area (Å²) in [5, 5.41) is 7.92. The number of carbonyl (C=O) groups is 2. The highest BCUT2D eigenvalue weighted by Gasteiger charge is 2.53. The Morgan fingerprint density at radius 1 is 1.17 bits per heavy atom. The van der Waals surface area contributed by atoms with E-state index in [4.69, 9.17) is 0 Å². The van der Waals surface area contributed by atoms with Crippen LogP contribution in [0.1, 0.15) is 51.1 Å². The molecule has 24 heavy (non-hydrogen) atoms. The van der Waals surface area contributed by atoms with E-state index in [1.165, 1.54) is 49.9 Å². The number of anilines is 1. The molecule has 4 aliphatic rings. The van der Waals surface area contributed by atoms with Gasteiger partial charge in [-0.3, -0.25) is 14.9 Å². The van der Waals surface area contributed by atoms with Gasteiger partial charge in [0.25, 0.3) is 0 Å². The van der Waals surface area contributed by atoms with Crippen LogP contribution in [0.3, 0.4) is 0 Å². The van der Waals surface area contributed by atoms with Crippen molar-refractivity contribution in [1.82, 2.24) is 10.3 Å². The van der Waals surface area contributed by atoms with Crippen LogP contribution in [0.5, 0.6) is 0 Å². The van der Waals surface area contributed by atoms with Gasteiger partial charge in [-0.15, -0.1) is 11.3 Å². The topological polar surface area (TPSA) is 71.1 Å². The van der Waals surface area contributed by atoms with E-state index in [2.05, 4.69) is 22.5 Å². The van der Waals surface area contributed by atoms with Crippen LogP contribution >= 0.6 is 11.3 Å². The molecule has 6 heteroatoms. The summed E-state index contributed by atoms with van der Waals surface area (Å²) in [4.78, 5) is 28.6. The van der Waals surface area contributed by atoms with Gasteiger partial charge in [-0.1, -0.05) is 0 Å². The van der Waals surface area contributed by atoms with E-state index < -0.39 is 11.8 Å². The van der Waals surface area contributed by atoms with Gasteiger partial charge >= 0.3 is 11.8 Å². The zero-order valence-corrected chi connectivity index (χ0v) is 15.1. The van der Waals surface area contributed by atoms with Crippen LogP contribution in [-0.2, 0) is 9.59 Å². The Morgan fingerprint density at radius 2 is 1.75 bits per heavy atom. The predicted octanol–water partition coefficient (Wildman–Crippen LogP) is 3.11. The highest BCUT2D eigenvalue weighted by atomic mass is 32.1. The van der Waals surface area contributed by atoms with Crippen LogP contribution in [0.15, 0.2) is 5.38 Å². The molecule has 5 rings (SSSR count). The number of nitrogens with one attached hydrogen (secondary N) is 2. The van der Waals surface area contributed by atoms with E-state index >= 15 is 0 Å². The third-order valence-corrected chi connectivity index (χ3v) is 7.27. The summed E-state index contributed by atoms with van der Waals surface area (Å²) in [7, 11) is 0. The van der Waals surface area contributed by atoms with E-state index in [-0.39, 0.29) is 11.5 Å². The van der Waals surface area contributed by atoms with Gasteiger partial charge in [-0.2, -0.15) is 0 Å². The van der Waals surface area contributed by atoms with Crippen LogP contribution in [-0.4, -0.2) is 22.8 Å². The minimum absolute atomic E-state index is 0.0576. The molecule has 1 atom stereocenters. The fraction of sp³-hybridized carbons (Fsp3) is 0.722. The Balaban J connectivity index is 1.39. The number of amides is 2. The molecule has 130 valence electrons. The standard InChI is InChI=1S/C18H25N3O2S/c1-10-9-24-17(19-10)21-16(23)15(22)20-11(2)18-6-12-3-13(7-18)5-14(4-12)8-18/h9,11-14H,3-8H2,1-2H3,(H,20,22)(H,19,21,23).